The molecule has 0 aromatic heterocycles. The predicted molar refractivity (Wildman–Crippen MR) is 353 cm³/mol. The number of unbranched alkanes of at least 4 members (excludes halogenated alkanes) is 42. The van der Waals surface area contributed by atoms with Gasteiger partial charge < -0.3 is 14.2 Å². The number of allylic oxidation sites excluding steroid dienone is 12. The van der Waals surface area contributed by atoms with Gasteiger partial charge in [0.05, 0.1) is 0 Å². The van der Waals surface area contributed by atoms with Crippen molar-refractivity contribution in [1.82, 2.24) is 0 Å². The third kappa shape index (κ3) is 67.5. The fourth-order valence-electron chi connectivity index (χ4n) is 10.3. The Morgan fingerprint density at radius 2 is 0.444 bits per heavy atom. The average Bonchev–Trinajstić information content (AvgIpc) is 3.47. The standard InChI is InChI=1S/C75H134O6/c1-4-7-10-13-16-19-22-25-28-31-33-35-37-39-41-44-47-50-53-56-59-62-65-68-74(77)80-71-72(70-79-73(76)67-64-61-58-55-52-49-46-43-30-27-24-21-18-15-12-9-6-3)81-75(78)69-66-63-60-57-54-51-48-45-42-40-38-36-34-32-29-26-23-20-17-14-11-8-5-2/h22-23,25-27,30-34,37,39,72H,4-21,24,28-29,35-36,38,40-71H2,1-3H3/b25-22-,26-23-,30-27-,33-31-,34-32-,39-37-. The summed E-state index contributed by atoms with van der Waals surface area (Å²) in [7, 11) is 0. The number of hydrogen-bond acceptors (Lipinski definition) is 6. The molecule has 0 N–H and O–H groups in total. The number of rotatable bonds is 65. The van der Waals surface area contributed by atoms with Crippen LogP contribution in [-0.2, 0) is 28.6 Å². The lowest BCUT2D eigenvalue weighted by Gasteiger charge is -2.18. The Labute approximate surface area is 503 Å². The van der Waals surface area contributed by atoms with Crippen LogP contribution in [0, 0.1) is 0 Å². The van der Waals surface area contributed by atoms with Gasteiger partial charge in [-0.05, 0) is 116 Å². The van der Waals surface area contributed by atoms with E-state index in [-0.39, 0.29) is 31.1 Å². The molecule has 0 aliphatic heterocycles. The Bertz CT molecular complexity index is 1490. The zero-order valence-electron chi connectivity index (χ0n) is 54.1. The van der Waals surface area contributed by atoms with Gasteiger partial charge in [0, 0.05) is 19.3 Å². The summed E-state index contributed by atoms with van der Waals surface area (Å²) in [5.41, 5.74) is 0. The number of hydrogen-bond donors (Lipinski definition) is 0. The minimum Gasteiger partial charge on any atom is -0.462 e. The lowest BCUT2D eigenvalue weighted by molar-refractivity contribution is -0.167. The van der Waals surface area contributed by atoms with Gasteiger partial charge in [-0.25, -0.2) is 0 Å². The Morgan fingerprint density at radius 1 is 0.247 bits per heavy atom. The van der Waals surface area contributed by atoms with E-state index in [1.165, 1.54) is 244 Å². The number of ether oxygens (including phenoxy) is 3. The molecule has 0 rings (SSSR count). The van der Waals surface area contributed by atoms with Crippen molar-refractivity contribution in [2.45, 2.75) is 374 Å². The van der Waals surface area contributed by atoms with Crippen molar-refractivity contribution >= 4 is 17.9 Å². The SMILES string of the molecule is CCCCCCC/C=C\C/C=C\C/C=C\CCCCCCCCCCC(=O)OCC(COC(=O)CCCCCCCCC/C=C\CCCCCCCC)OC(=O)CCCCCCCCCCCCC/C=C\C/C=C\CCCCCCC. The van der Waals surface area contributed by atoms with Gasteiger partial charge in [-0.15, -0.1) is 0 Å². The highest BCUT2D eigenvalue weighted by atomic mass is 16.6. The lowest BCUT2D eigenvalue weighted by atomic mass is 10.0. The monoisotopic (exact) mass is 1130 g/mol. The Kier molecular flexibility index (Phi) is 66.6. The smallest absolute Gasteiger partial charge is 0.306 e. The lowest BCUT2D eigenvalue weighted by Crippen LogP contribution is -2.30. The molecule has 0 saturated heterocycles. The quantitative estimate of drug-likeness (QED) is 0.0261. The van der Waals surface area contributed by atoms with Crippen LogP contribution in [0.25, 0.3) is 0 Å². The van der Waals surface area contributed by atoms with Crippen molar-refractivity contribution in [3.05, 3.63) is 72.9 Å². The van der Waals surface area contributed by atoms with E-state index in [0.29, 0.717) is 19.3 Å². The molecule has 470 valence electrons. The van der Waals surface area contributed by atoms with Crippen molar-refractivity contribution in [2.24, 2.45) is 0 Å². The third-order valence-electron chi connectivity index (χ3n) is 15.7. The summed E-state index contributed by atoms with van der Waals surface area (Å²) in [6, 6.07) is 0. The first-order chi connectivity index (χ1) is 40.0. The van der Waals surface area contributed by atoms with Gasteiger partial charge in [-0.2, -0.15) is 0 Å². The van der Waals surface area contributed by atoms with Crippen LogP contribution >= 0.6 is 0 Å². The molecular weight excluding hydrogens is 997 g/mol. The van der Waals surface area contributed by atoms with Gasteiger partial charge >= 0.3 is 17.9 Å². The van der Waals surface area contributed by atoms with E-state index in [9.17, 15) is 14.4 Å². The molecule has 0 heterocycles. The summed E-state index contributed by atoms with van der Waals surface area (Å²) in [6.07, 6.45) is 90.6. The van der Waals surface area contributed by atoms with Crippen molar-refractivity contribution in [3.8, 4) is 0 Å². The molecule has 1 atom stereocenters. The molecule has 0 bridgehead atoms. The highest BCUT2D eigenvalue weighted by Gasteiger charge is 2.19. The summed E-state index contributed by atoms with van der Waals surface area (Å²) in [5, 5.41) is 0. The van der Waals surface area contributed by atoms with Crippen LogP contribution in [0.4, 0.5) is 0 Å². The summed E-state index contributed by atoms with van der Waals surface area (Å²) in [6.45, 7) is 6.66. The van der Waals surface area contributed by atoms with Crippen LogP contribution in [0.15, 0.2) is 72.9 Å². The number of carbonyl (C=O) groups excluding carboxylic acids is 3. The maximum Gasteiger partial charge on any atom is 0.306 e. The zero-order valence-corrected chi connectivity index (χ0v) is 54.1. The van der Waals surface area contributed by atoms with Crippen LogP contribution in [0.3, 0.4) is 0 Å². The van der Waals surface area contributed by atoms with Crippen LogP contribution in [-0.4, -0.2) is 37.2 Å². The normalized spacial score (nSPS) is 12.5. The summed E-state index contributed by atoms with van der Waals surface area (Å²) in [4.78, 5) is 38.5. The predicted octanol–water partition coefficient (Wildman–Crippen LogP) is 24.4. The summed E-state index contributed by atoms with van der Waals surface area (Å²) < 4.78 is 17.0. The Balaban J connectivity index is 4.37. The first-order valence-electron chi connectivity index (χ1n) is 35.4. The van der Waals surface area contributed by atoms with E-state index in [4.69, 9.17) is 14.2 Å². The highest BCUT2D eigenvalue weighted by Crippen LogP contribution is 2.17. The second kappa shape index (κ2) is 69.3. The molecule has 0 aliphatic rings. The summed E-state index contributed by atoms with van der Waals surface area (Å²) >= 11 is 0. The summed E-state index contributed by atoms with van der Waals surface area (Å²) in [5.74, 6) is -0.872. The van der Waals surface area contributed by atoms with E-state index < -0.39 is 6.10 Å². The first kappa shape index (κ1) is 77.9. The average molecular weight is 1130 g/mol. The van der Waals surface area contributed by atoms with Gasteiger partial charge in [-0.1, -0.05) is 306 Å². The third-order valence-corrected chi connectivity index (χ3v) is 15.7. The topological polar surface area (TPSA) is 78.9 Å². The minimum absolute atomic E-state index is 0.0788. The molecule has 81 heavy (non-hydrogen) atoms. The number of esters is 3. The van der Waals surface area contributed by atoms with Gasteiger partial charge in [0.1, 0.15) is 13.2 Å². The Morgan fingerprint density at radius 3 is 0.704 bits per heavy atom. The minimum atomic E-state index is -0.784. The first-order valence-corrected chi connectivity index (χ1v) is 35.4. The molecule has 6 nitrogen and oxygen atoms in total. The molecule has 6 heteroatoms. The molecule has 0 radical (unpaired) electrons. The largest absolute Gasteiger partial charge is 0.462 e. The molecule has 0 aliphatic carbocycles. The van der Waals surface area contributed by atoms with Crippen LogP contribution < -0.4 is 0 Å². The van der Waals surface area contributed by atoms with E-state index in [2.05, 4.69) is 93.7 Å². The fraction of sp³-hybridized carbons (Fsp3) is 0.800. The maximum atomic E-state index is 13.0. The molecule has 1 unspecified atom stereocenters. The Hall–Kier alpha value is -3.15. The molecule has 0 aromatic rings. The molecule has 0 spiro atoms. The second-order valence-electron chi connectivity index (χ2n) is 23.8. The van der Waals surface area contributed by atoms with Crippen LogP contribution in [0.5, 0.6) is 0 Å². The molecule has 0 aromatic carbocycles. The fourth-order valence-corrected chi connectivity index (χ4v) is 10.3. The van der Waals surface area contributed by atoms with Gasteiger partial charge in [0.15, 0.2) is 6.10 Å². The van der Waals surface area contributed by atoms with E-state index >= 15 is 0 Å². The molecular formula is C75H134O6. The van der Waals surface area contributed by atoms with E-state index in [1.807, 2.05) is 0 Å². The van der Waals surface area contributed by atoms with Gasteiger partial charge in [0.25, 0.3) is 0 Å². The maximum absolute atomic E-state index is 13.0. The highest BCUT2D eigenvalue weighted by molar-refractivity contribution is 5.71. The zero-order chi connectivity index (χ0) is 58.5. The van der Waals surface area contributed by atoms with Gasteiger partial charge in [0.2, 0.25) is 0 Å². The van der Waals surface area contributed by atoms with Crippen molar-refractivity contribution in [2.75, 3.05) is 13.2 Å². The van der Waals surface area contributed by atoms with Crippen LogP contribution in [0.1, 0.15) is 367 Å². The second-order valence-corrected chi connectivity index (χ2v) is 23.8. The van der Waals surface area contributed by atoms with Crippen molar-refractivity contribution < 1.29 is 28.6 Å². The van der Waals surface area contributed by atoms with E-state index in [1.54, 1.807) is 0 Å². The van der Waals surface area contributed by atoms with Crippen molar-refractivity contribution in [1.29, 1.82) is 0 Å². The molecule has 0 saturated carbocycles. The van der Waals surface area contributed by atoms with E-state index in [0.717, 1.165) is 83.5 Å². The number of carbonyl (C=O) groups is 3. The molecule has 0 fully saturated rings. The van der Waals surface area contributed by atoms with Gasteiger partial charge in [-0.3, -0.25) is 14.4 Å². The van der Waals surface area contributed by atoms with Crippen LogP contribution in [0.2, 0.25) is 0 Å². The molecule has 0 amide bonds. The van der Waals surface area contributed by atoms with Crippen molar-refractivity contribution in [3.63, 3.8) is 0 Å².